The monoisotopic (exact) mass is 490 g/mol. The minimum atomic E-state index is -0.328. The van der Waals surface area contributed by atoms with Gasteiger partial charge >= 0.3 is 0 Å². The molecule has 1 aliphatic heterocycles. The van der Waals surface area contributed by atoms with Crippen molar-refractivity contribution in [3.05, 3.63) is 138 Å². The molecule has 0 aliphatic carbocycles. The lowest BCUT2D eigenvalue weighted by atomic mass is 9.60. The van der Waals surface area contributed by atoms with Crippen molar-refractivity contribution in [2.45, 2.75) is 36.5 Å². The zero-order valence-electron chi connectivity index (χ0n) is 21.9. The van der Waals surface area contributed by atoms with Gasteiger partial charge in [-0.3, -0.25) is 4.98 Å². The SMILES string of the molecule is COCCC1(c2ccccc2)CCNCC1CCC(c1ccccc1)(c1ccccc1)c1ccccn1. The molecule has 1 fully saturated rings. The highest BCUT2D eigenvalue weighted by atomic mass is 16.5. The zero-order valence-corrected chi connectivity index (χ0v) is 21.9. The van der Waals surface area contributed by atoms with Crippen LogP contribution in [0.2, 0.25) is 0 Å². The summed E-state index contributed by atoms with van der Waals surface area (Å²) in [5, 5.41) is 3.73. The number of nitrogens with one attached hydrogen (secondary N) is 1. The van der Waals surface area contributed by atoms with Gasteiger partial charge in [0.25, 0.3) is 0 Å². The molecule has 2 unspecified atom stereocenters. The lowest BCUT2D eigenvalue weighted by Crippen LogP contribution is -2.49. The van der Waals surface area contributed by atoms with Crippen LogP contribution >= 0.6 is 0 Å². The molecule has 1 saturated heterocycles. The maximum Gasteiger partial charge on any atom is 0.0623 e. The lowest BCUT2D eigenvalue weighted by Gasteiger charge is -2.47. The quantitative estimate of drug-likeness (QED) is 0.266. The van der Waals surface area contributed by atoms with Crippen molar-refractivity contribution in [3.63, 3.8) is 0 Å². The van der Waals surface area contributed by atoms with E-state index in [0.717, 1.165) is 51.1 Å². The Morgan fingerprint density at radius 3 is 2.05 bits per heavy atom. The number of hydrogen-bond donors (Lipinski definition) is 1. The Morgan fingerprint density at radius 2 is 1.46 bits per heavy atom. The summed E-state index contributed by atoms with van der Waals surface area (Å²) in [5.74, 6) is 0.481. The average molecular weight is 491 g/mol. The van der Waals surface area contributed by atoms with Gasteiger partial charge in [0.15, 0.2) is 0 Å². The largest absolute Gasteiger partial charge is 0.385 e. The fraction of sp³-hybridized carbons (Fsp3) is 0.324. The van der Waals surface area contributed by atoms with Gasteiger partial charge in [0.2, 0.25) is 0 Å². The molecule has 1 N–H and O–H groups in total. The van der Waals surface area contributed by atoms with Gasteiger partial charge in [-0.05, 0) is 73.5 Å². The fourth-order valence-corrected chi connectivity index (χ4v) is 6.60. The summed E-state index contributed by atoms with van der Waals surface area (Å²) in [7, 11) is 1.83. The van der Waals surface area contributed by atoms with Crippen molar-refractivity contribution in [1.29, 1.82) is 0 Å². The predicted octanol–water partition coefficient (Wildman–Crippen LogP) is 6.78. The van der Waals surface area contributed by atoms with Crippen LogP contribution in [0.1, 0.15) is 48.1 Å². The zero-order chi connectivity index (χ0) is 25.4. The van der Waals surface area contributed by atoms with Crippen molar-refractivity contribution in [2.24, 2.45) is 5.92 Å². The third-order valence-corrected chi connectivity index (χ3v) is 8.52. The first-order chi connectivity index (χ1) is 18.3. The van der Waals surface area contributed by atoms with Gasteiger partial charge in [-0.25, -0.2) is 0 Å². The molecule has 2 atom stereocenters. The highest BCUT2D eigenvalue weighted by molar-refractivity contribution is 5.48. The Balaban J connectivity index is 1.60. The van der Waals surface area contributed by atoms with E-state index in [-0.39, 0.29) is 10.8 Å². The minimum absolute atomic E-state index is 0.0890. The van der Waals surface area contributed by atoms with Gasteiger partial charge in [-0.2, -0.15) is 0 Å². The molecule has 0 radical (unpaired) electrons. The molecule has 1 aromatic heterocycles. The Morgan fingerprint density at radius 1 is 0.838 bits per heavy atom. The summed E-state index contributed by atoms with van der Waals surface area (Å²) in [6.45, 7) is 2.83. The second-order valence-electron chi connectivity index (χ2n) is 10.3. The molecule has 0 amide bonds. The molecule has 0 saturated carbocycles. The third-order valence-electron chi connectivity index (χ3n) is 8.52. The summed E-state index contributed by atoms with van der Waals surface area (Å²) in [6.07, 6.45) is 6.15. The van der Waals surface area contributed by atoms with Gasteiger partial charge < -0.3 is 10.1 Å². The van der Waals surface area contributed by atoms with E-state index >= 15 is 0 Å². The predicted molar refractivity (Wildman–Crippen MR) is 152 cm³/mol. The molecule has 4 aromatic rings. The number of piperidine rings is 1. The number of ether oxygens (including phenoxy) is 1. The van der Waals surface area contributed by atoms with Gasteiger partial charge in [0.1, 0.15) is 0 Å². The number of methoxy groups -OCH3 is 1. The van der Waals surface area contributed by atoms with Gasteiger partial charge in [-0.1, -0.05) is 97.1 Å². The molecule has 3 heteroatoms. The van der Waals surface area contributed by atoms with Crippen molar-refractivity contribution < 1.29 is 4.74 Å². The third kappa shape index (κ3) is 5.12. The van der Waals surface area contributed by atoms with E-state index in [2.05, 4.69) is 108 Å². The van der Waals surface area contributed by atoms with Crippen molar-refractivity contribution in [1.82, 2.24) is 10.3 Å². The van der Waals surface area contributed by atoms with E-state index in [4.69, 9.17) is 9.72 Å². The standard InChI is InChI=1S/C34H38N2O/c1-37-26-23-33(28-13-5-2-6-14-28)22-25-35-27-31(33)20-21-34(29-15-7-3-8-16-29,30-17-9-4-10-18-30)32-19-11-12-24-36-32/h2-19,24,31,35H,20-23,25-27H2,1H3. The maximum absolute atomic E-state index is 5.66. The number of nitrogens with zero attached hydrogens (tertiary/aromatic N) is 1. The van der Waals surface area contributed by atoms with Crippen molar-refractivity contribution in [2.75, 3.05) is 26.8 Å². The maximum atomic E-state index is 5.66. The molecule has 5 rings (SSSR count). The van der Waals surface area contributed by atoms with E-state index in [1.165, 1.54) is 16.7 Å². The summed E-state index contributed by atoms with van der Waals surface area (Å²) < 4.78 is 5.66. The van der Waals surface area contributed by atoms with E-state index in [1.54, 1.807) is 0 Å². The fourth-order valence-electron chi connectivity index (χ4n) is 6.60. The first-order valence-corrected chi connectivity index (χ1v) is 13.6. The van der Waals surface area contributed by atoms with Crippen LogP contribution in [-0.4, -0.2) is 31.8 Å². The van der Waals surface area contributed by atoms with Crippen LogP contribution in [-0.2, 0) is 15.6 Å². The van der Waals surface area contributed by atoms with Crippen LogP contribution in [0, 0.1) is 5.92 Å². The van der Waals surface area contributed by atoms with Crippen LogP contribution in [0.4, 0.5) is 0 Å². The molecule has 1 aliphatic rings. The van der Waals surface area contributed by atoms with Crippen molar-refractivity contribution >= 4 is 0 Å². The van der Waals surface area contributed by atoms with E-state index in [0.29, 0.717) is 5.92 Å². The molecular formula is C34H38N2O. The minimum Gasteiger partial charge on any atom is -0.385 e. The summed E-state index contributed by atoms with van der Waals surface area (Å²) in [5.41, 5.74) is 4.91. The number of aromatic nitrogens is 1. The molecular weight excluding hydrogens is 452 g/mol. The topological polar surface area (TPSA) is 34.1 Å². The molecule has 190 valence electrons. The first kappa shape index (κ1) is 25.4. The number of pyridine rings is 1. The first-order valence-electron chi connectivity index (χ1n) is 13.6. The molecule has 0 spiro atoms. The second kappa shape index (κ2) is 11.9. The summed E-state index contributed by atoms with van der Waals surface area (Å²) >= 11 is 0. The summed E-state index contributed by atoms with van der Waals surface area (Å²) in [6, 6.07) is 39.4. The number of rotatable bonds is 10. The normalized spacial score (nSPS) is 20.0. The van der Waals surface area contributed by atoms with E-state index in [1.807, 2.05) is 19.4 Å². The second-order valence-corrected chi connectivity index (χ2v) is 10.3. The van der Waals surface area contributed by atoms with Gasteiger partial charge in [0, 0.05) is 25.3 Å². The molecule has 0 bridgehead atoms. The van der Waals surface area contributed by atoms with Crippen LogP contribution in [0.3, 0.4) is 0 Å². The number of benzene rings is 3. The highest BCUT2D eigenvalue weighted by Crippen LogP contribution is 2.48. The Labute approximate surface area is 221 Å². The van der Waals surface area contributed by atoms with Crippen LogP contribution in [0.15, 0.2) is 115 Å². The van der Waals surface area contributed by atoms with Gasteiger partial charge in [-0.15, -0.1) is 0 Å². The Kier molecular flexibility index (Phi) is 8.13. The molecule has 2 heterocycles. The Hall–Kier alpha value is -3.27. The van der Waals surface area contributed by atoms with Crippen molar-refractivity contribution in [3.8, 4) is 0 Å². The van der Waals surface area contributed by atoms with Crippen LogP contribution in [0.25, 0.3) is 0 Å². The molecule has 37 heavy (non-hydrogen) atoms. The smallest absolute Gasteiger partial charge is 0.0623 e. The van der Waals surface area contributed by atoms with Crippen LogP contribution in [0.5, 0.6) is 0 Å². The molecule has 3 nitrogen and oxygen atoms in total. The molecule has 3 aromatic carbocycles. The van der Waals surface area contributed by atoms with Gasteiger partial charge in [0.05, 0.1) is 11.1 Å². The van der Waals surface area contributed by atoms with E-state index < -0.39 is 0 Å². The average Bonchev–Trinajstić information content (AvgIpc) is 2.99. The number of hydrogen-bond acceptors (Lipinski definition) is 3. The lowest BCUT2D eigenvalue weighted by molar-refractivity contribution is 0.109. The van der Waals surface area contributed by atoms with Crippen LogP contribution < -0.4 is 5.32 Å². The summed E-state index contributed by atoms with van der Waals surface area (Å²) in [4.78, 5) is 4.98. The highest BCUT2D eigenvalue weighted by Gasteiger charge is 2.44. The Bertz CT molecular complexity index is 1120. The van der Waals surface area contributed by atoms with E-state index in [9.17, 15) is 0 Å².